The van der Waals surface area contributed by atoms with Crippen LogP contribution in [0.1, 0.15) is 19.3 Å². The molecule has 0 unspecified atom stereocenters. The van der Waals surface area contributed by atoms with Gasteiger partial charge in [0.15, 0.2) is 0 Å². The van der Waals surface area contributed by atoms with Gasteiger partial charge in [-0.1, -0.05) is 0 Å². The monoisotopic (exact) mass is 311 g/mol. The van der Waals surface area contributed by atoms with Crippen LogP contribution in [-0.4, -0.2) is 29.1 Å². The molecule has 0 aliphatic carbocycles. The van der Waals surface area contributed by atoms with Crippen LogP contribution in [0.3, 0.4) is 0 Å². The van der Waals surface area contributed by atoms with Gasteiger partial charge in [-0.25, -0.2) is 0 Å². The number of halogens is 3. The minimum absolute atomic E-state index is 0. The van der Waals surface area contributed by atoms with Gasteiger partial charge in [0.1, 0.15) is 0 Å². The van der Waals surface area contributed by atoms with E-state index in [1.165, 1.54) is 23.7 Å². The largest absolute Gasteiger partial charge is 1.00 e. The van der Waals surface area contributed by atoms with Crippen LogP contribution in [0.4, 0.5) is 0 Å². The second-order valence-corrected chi connectivity index (χ2v) is 3.03. The van der Waals surface area contributed by atoms with Crippen molar-refractivity contribution in [2.75, 3.05) is 6.54 Å². The third-order valence-electron chi connectivity index (χ3n) is 0.881. The first-order valence-electron chi connectivity index (χ1n) is 2.76. The molecule has 1 nitrogen and oxygen atoms in total. The maximum Gasteiger partial charge on any atom is -1.00 e. The molecule has 0 aliphatic rings. The van der Waals surface area contributed by atoms with E-state index < -0.39 is 0 Å². The van der Waals surface area contributed by atoms with E-state index >= 15 is 0 Å². The molecule has 0 spiro atoms. The van der Waals surface area contributed by atoms with Gasteiger partial charge in [0.25, 0.3) is 0 Å². The van der Waals surface area contributed by atoms with Crippen molar-refractivity contribution in [2.24, 2.45) is 5.73 Å². The van der Waals surface area contributed by atoms with E-state index in [1.807, 2.05) is 0 Å². The first-order valence-corrected chi connectivity index (χ1v) is 4.78. The molecule has 10 heavy (non-hydrogen) atoms. The fourth-order valence-corrected chi connectivity index (χ4v) is 1.16. The molecule has 0 rings (SSSR count). The molecule has 0 bridgehead atoms. The van der Waals surface area contributed by atoms with Gasteiger partial charge >= 0.3 is 58.5 Å². The number of hydrogen-bond donors (Lipinski definition) is 1. The molecule has 2 N–H and O–H groups in total. The summed E-state index contributed by atoms with van der Waals surface area (Å²) in [6.45, 7) is 0.871. The van der Waals surface area contributed by atoms with Gasteiger partial charge in [-0.15, -0.1) is 0 Å². The fraction of sp³-hybridized carbons (Fsp3) is 1.00. The average Bonchev–Trinajstić information content (AvgIpc) is 1.69. The minimum Gasteiger partial charge on any atom is -1.00 e. The van der Waals surface area contributed by atoms with Gasteiger partial charge in [-0.05, 0) is 0 Å². The summed E-state index contributed by atoms with van der Waals surface area (Å²) in [6, 6.07) is 0. The van der Waals surface area contributed by atoms with Crippen LogP contribution in [-0.2, 0) is 0 Å². The van der Waals surface area contributed by atoms with E-state index in [1.54, 1.807) is 22.5 Å². The molecule has 62 valence electrons. The zero-order chi connectivity index (χ0) is 5.54. The summed E-state index contributed by atoms with van der Waals surface area (Å²) in [5.41, 5.74) is 5.28. The molecule has 0 fully saturated rings. The number of rotatable bonds is 4. The Balaban J connectivity index is -0.0000000600. The third-order valence-corrected chi connectivity index (χ3v) is 1.89. The first kappa shape index (κ1) is 22.6. The zero-order valence-corrected chi connectivity index (χ0v) is 10.9. The van der Waals surface area contributed by atoms with E-state index in [2.05, 4.69) is 0 Å². The molecule has 5 heteroatoms. The summed E-state index contributed by atoms with van der Waals surface area (Å²) < 4.78 is 1.40. The Kier molecular flexibility index (Phi) is 50.6. The summed E-state index contributed by atoms with van der Waals surface area (Å²) in [5, 5.41) is 0. The first-order chi connectivity index (χ1) is 3.41. The van der Waals surface area contributed by atoms with Crippen LogP contribution in [0.2, 0.25) is 4.44 Å². The number of hydrogen-bond acceptors (Lipinski definition) is 1. The molecule has 0 aromatic rings. The zero-order valence-electron chi connectivity index (χ0n) is 5.75. The maximum absolute atomic E-state index is 5.28. The van der Waals surface area contributed by atoms with Gasteiger partial charge in [-0.2, -0.15) is 0 Å². The van der Waals surface area contributed by atoms with Gasteiger partial charge in [0.2, 0.25) is 0 Å². The standard InChI is InChI=1S/C5H12N.3ClH.Sn/c1-2-3-4-5-6;;;;/h1-6H2;3*1H;/q;;;;+3/p-3. The smallest absolute Gasteiger partial charge is 1.00 e. The Morgan fingerprint density at radius 2 is 1.40 bits per heavy atom. The molecular weight excluding hydrogens is 299 g/mol. The van der Waals surface area contributed by atoms with Crippen LogP contribution >= 0.6 is 0 Å². The van der Waals surface area contributed by atoms with Gasteiger partial charge in [0.05, 0.1) is 0 Å². The Morgan fingerprint density at radius 1 is 0.900 bits per heavy atom. The number of nitrogens with two attached hydrogens (primary N) is 1. The van der Waals surface area contributed by atoms with Crippen molar-refractivity contribution in [3.63, 3.8) is 0 Å². The average molecular weight is 311 g/mol. The second kappa shape index (κ2) is 22.4. The maximum atomic E-state index is 5.28. The van der Waals surface area contributed by atoms with Crippen LogP contribution in [0.25, 0.3) is 0 Å². The summed E-state index contributed by atoms with van der Waals surface area (Å²) in [5.74, 6) is 0. The van der Waals surface area contributed by atoms with E-state index in [9.17, 15) is 0 Å². The van der Waals surface area contributed by atoms with E-state index in [4.69, 9.17) is 5.73 Å². The molecule has 0 saturated heterocycles. The van der Waals surface area contributed by atoms with Crippen LogP contribution in [0.5, 0.6) is 0 Å². The van der Waals surface area contributed by atoms with Crippen molar-refractivity contribution in [1.29, 1.82) is 0 Å². The fourth-order valence-electron chi connectivity index (χ4n) is 0.446. The molecule has 0 aromatic heterocycles. The van der Waals surface area contributed by atoms with Gasteiger partial charge in [-0.3, -0.25) is 0 Å². The van der Waals surface area contributed by atoms with Crippen LogP contribution < -0.4 is 43.0 Å². The Bertz CT molecular complexity index is 36.1. The predicted octanol–water partition coefficient (Wildman–Crippen LogP) is -8.29. The molecule has 0 aliphatic heterocycles. The van der Waals surface area contributed by atoms with E-state index in [-0.39, 0.29) is 37.2 Å². The van der Waals surface area contributed by atoms with Crippen molar-refractivity contribution in [3.05, 3.63) is 0 Å². The molecule has 0 radical (unpaired) electrons. The van der Waals surface area contributed by atoms with E-state index in [0.29, 0.717) is 0 Å². The normalized spacial score (nSPS) is 6.70. The Morgan fingerprint density at radius 3 is 1.70 bits per heavy atom. The van der Waals surface area contributed by atoms with Gasteiger partial charge < -0.3 is 37.2 Å². The van der Waals surface area contributed by atoms with Crippen molar-refractivity contribution in [1.82, 2.24) is 0 Å². The Hall–Kier alpha value is 1.63. The molecule has 0 saturated carbocycles. The quantitative estimate of drug-likeness (QED) is 0.405. The second-order valence-electron chi connectivity index (χ2n) is 1.60. The van der Waals surface area contributed by atoms with E-state index in [0.717, 1.165) is 6.54 Å². The minimum atomic E-state index is 0. The summed E-state index contributed by atoms with van der Waals surface area (Å²) in [4.78, 5) is 0. The van der Waals surface area contributed by atoms with Crippen LogP contribution in [0, 0.1) is 0 Å². The van der Waals surface area contributed by atoms with Crippen molar-refractivity contribution >= 4 is 22.5 Å². The molecule has 0 atom stereocenters. The molecule has 0 aromatic carbocycles. The SMILES string of the molecule is NCCCC[CH2][Sn+3].[Cl-].[Cl-].[Cl-]. The van der Waals surface area contributed by atoms with Crippen molar-refractivity contribution in [3.8, 4) is 0 Å². The molecular formula is C5H12Cl3NSn. The predicted molar refractivity (Wildman–Crippen MR) is 33.5 cm³/mol. The molecule has 0 amide bonds. The van der Waals surface area contributed by atoms with Crippen molar-refractivity contribution < 1.29 is 37.2 Å². The molecule has 0 heterocycles. The number of unbranched alkanes of at least 4 members (excludes halogenated alkanes) is 2. The summed E-state index contributed by atoms with van der Waals surface area (Å²) in [7, 11) is 0. The summed E-state index contributed by atoms with van der Waals surface area (Å²) >= 11 is 1.66. The topological polar surface area (TPSA) is 26.0 Å². The van der Waals surface area contributed by atoms with Gasteiger partial charge in [0, 0.05) is 0 Å². The third kappa shape index (κ3) is 22.6. The van der Waals surface area contributed by atoms with Crippen molar-refractivity contribution in [2.45, 2.75) is 23.7 Å². The summed E-state index contributed by atoms with van der Waals surface area (Å²) in [6.07, 6.45) is 3.94. The Labute approximate surface area is 95.2 Å². The van der Waals surface area contributed by atoms with Crippen LogP contribution in [0.15, 0.2) is 0 Å².